The molecule has 0 fully saturated rings. The van der Waals surface area contributed by atoms with Crippen LogP contribution in [0.5, 0.6) is 0 Å². The van der Waals surface area contributed by atoms with Crippen LogP contribution in [0.2, 0.25) is 0 Å². The lowest BCUT2D eigenvalue weighted by Gasteiger charge is -2.08. The Balaban J connectivity index is 3.52. The van der Waals surface area contributed by atoms with E-state index in [0.29, 0.717) is 6.42 Å². The Morgan fingerprint density at radius 2 is 2.17 bits per heavy atom. The summed E-state index contributed by atoms with van der Waals surface area (Å²) in [6.45, 7) is 5.07. The van der Waals surface area contributed by atoms with Gasteiger partial charge in [0.2, 0.25) is 0 Å². The fourth-order valence-corrected chi connectivity index (χ4v) is 0.972. The molecule has 0 amide bonds. The van der Waals surface area contributed by atoms with Crippen molar-refractivity contribution >= 4 is 14.0 Å². The maximum atomic E-state index is 10.7. The molecule has 0 aromatic heterocycles. The Bertz CT molecular complexity index is 169. The fourth-order valence-electron chi connectivity index (χ4n) is 0.552. The van der Waals surface area contributed by atoms with E-state index < -0.39 is 8.03 Å². The van der Waals surface area contributed by atoms with Crippen molar-refractivity contribution in [1.82, 2.24) is 0 Å². The van der Waals surface area contributed by atoms with Crippen molar-refractivity contribution in [2.24, 2.45) is 0 Å². The van der Waals surface area contributed by atoms with Crippen molar-refractivity contribution < 1.29 is 18.6 Å². The first-order chi connectivity index (χ1) is 5.56. The van der Waals surface area contributed by atoms with Crippen molar-refractivity contribution in [2.45, 2.75) is 26.4 Å². The summed E-state index contributed by atoms with van der Waals surface area (Å²) >= 11 is 0. The van der Waals surface area contributed by atoms with Gasteiger partial charge in [0.1, 0.15) is 12.7 Å². The van der Waals surface area contributed by atoms with Crippen LogP contribution in [0.15, 0.2) is 0 Å². The summed E-state index contributed by atoms with van der Waals surface area (Å²) in [6.07, 6.45) is 0.0270. The Labute approximate surface area is 73.1 Å². The van der Waals surface area contributed by atoms with E-state index in [1.54, 1.807) is 13.8 Å². The van der Waals surface area contributed by atoms with Gasteiger partial charge in [-0.15, -0.1) is 4.52 Å². The van der Waals surface area contributed by atoms with E-state index in [1.807, 2.05) is 0 Å². The number of carbonyl (C=O) groups excluding carboxylic acids is 1. The number of hydrogen-bond donors (Lipinski definition) is 0. The first kappa shape index (κ1) is 11.5. The minimum atomic E-state index is -1.60. The minimum Gasteiger partial charge on any atom is -0.460 e. The third kappa shape index (κ3) is 6.25. The maximum absolute atomic E-state index is 10.7. The summed E-state index contributed by atoms with van der Waals surface area (Å²) in [7, 11) is -1.60. The van der Waals surface area contributed by atoms with E-state index in [-0.39, 0.29) is 18.7 Å². The molecule has 12 heavy (non-hydrogen) atoms. The first-order valence-corrected chi connectivity index (χ1v) is 5.42. The maximum Gasteiger partial charge on any atom is 0.504 e. The summed E-state index contributed by atoms with van der Waals surface area (Å²) in [4.78, 5) is 10.7. The number of rotatable bonds is 5. The quantitative estimate of drug-likeness (QED) is 0.492. The number of esters is 1. The lowest BCUT2D eigenvalue weighted by Crippen LogP contribution is -2.18. The van der Waals surface area contributed by atoms with Gasteiger partial charge in [-0.05, 0) is 11.5 Å². The molecule has 5 heteroatoms. The van der Waals surface area contributed by atoms with Crippen LogP contribution < -0.4 is 0 Å². The zero-order valence-corrected chi connectivity index (χ0v) is 8.47. The van der Waals surface area contributed by atoms with Gasteiger partial charge in [-0.25, -0.2) is 0 Å². The monoisotopic (exact) mass is 193 g/mol. The highest BCUT2D eigenvalue weighted by Crippen LogP contribution is 2.15. The molecule has 0 radical (unpaired) electrons. The van der Waals surface area contributed by atoms with E-state index in [2.05, 4.69) is 0 Å². The third-order valence-corrected chi connectivity index (χ3v) is 1.63. The molecule has 0 aliphatic rings. The molecule has 4 nitrogen and oxygen atoms in total. The van der Waals surface area contributed by atoms with E-state index in [9.17, 15) is 9.36 Å². The van der Waals surface area contributed by atoms with Crippen LogP contribution in [-0.2, 0) is 18.6 Å². The molecule has 0 aliphatic carbocycles. The molecule has 0 N–H and O–H groups in total. The molecule has 0 rings (SSSR count). The second-order valence-electron chi connectivity index (χ2n) is 2.39. The van der Waals surface area contributed by atoms with Crippen molar-refractivity contribution in [2.75, 3.05) is 13.3 Å². The van der Waals surface area contributed by atoms with E-state index in [4.69, 9.17) is 9.26 Å². The standard InChI is InChI=1S/C7H14O4P/c1-4-7(8)11-6(2)5-10-12(3)9/h6H,4-5H2,1-3H3/q+1. The molecule has 70 valence electrons. The van der Waals surface area contributed by atoms with Crippen LogP contribution >= 0.6 is 8.03 Å². The lowest BCUT2D eigenvalue weighted by atomic mass is 10.4. The van der Waals surface area contributed by atoms with Gasteiger partial charge in [0, 0.05) is 6.42 Å². The second-order valence-corrected chi connectivity index (χ2v) is 3.53. The summed E-state index contributed by atoms with van der Waals surface area (Å²) < 4.78 is 20.1. The molecule has 0 saturated carbocycles. The molecule has 0 saturated heterocycles. The lowest BCUT2D eigenvalue weighted by molar-refractivity contribution is -0.149. The van der Waals surface area contributed by atoms with Gasteiger partial charge in [0.05, 0.1) is 0 Å². The first-order valence-electron chi connectivity index (χ1n) is 3.79. The Morgan fingerprint density at radius 1 is 1.58 bits per heavy atom. The average molecular weight is 193 g/mol. The van der Waals surface area contributed by atoms with Gasteiger partial charge in [-0.1, -0.05) is 6.92 Å². The van der Waals surface area contributed by atoms with Gasteiger partial charge in [0.25, 0.3) is 0 Å². The molecule has 0 aliphatic heterocycles. The van der Waals surface area contributed by atoms with Crippen LogP contribution in [0.25, 0.3) is 0 Å². The molecule has 0 aromatic carbocycles. The van der Waals surface area contributed by atoms with E-state index in [0.717, 1.165) is 0 Å². The largest absolute Gasteiger partial charge is 0.504 e. The SMILES string of the molecule is CCC(=O)OC(C)CO[P+](C)=O. The van der Waals surface area contributed by atoms with Crippen molar-refractivity contribution in [3.63, 3.8) is 0 Å². The van der Waals surface area contributed by atoms with Crippen LogP contribution in [0.1, 0.15) is 20.3 Å². The second kappa shape index (κ2) is 6.09. The van der Waals surface area contributed by atoms with Crippen molar-refractivity contribution in [1.29, 1.82) is 0 Å². The summed E-state index contributed by atoms with van der Waals surface area (Å²) in [5.74, 6) is -0.266. The Morgan fingerprint density at radius 3 is 2.58 bits per heavy atom. The van der Waals surface area contributed by atoms with Gasteiger partial charge < -0.3 is 4.74 Å². The molecular formula is C7H14O4P+. The van der Waals surface area contributed by atoms with Crippen molar-refractivity contribution in [3.05, 3.63) is 0 Å². The third-order valence-electron chi connectivity index (χ3n) is 1.11. The molecule has 0 spiro atoms. The molecule has 2 unspecified atom stereocenters. The molecule has 0 aromatic rings. The van der Waals surface area contributed by atoms with Gasteiger partial charge in [0.15, 0.2) is 6.66 Å². The van der Waals surface area contributed by atoms with Crippen LogP contribution in [0.3, 0.4) is 0 Å². The predicted molar refractivity (Wildman–Crippen MR) is 45.3 cm³/mol. The van der Waals surface area contributed by atoms with Gasteiger partial charge >= 0.3 is 14.0 Å². The average Bonchev–Trinajstić information content (AvgIpc) is 2.00. The van der Waals surface area contributed by atoms with Gasteiger partial charge in [-0.2, -0.15) is 0 Å². The van der Waals surface area contributed by atoms with Crippen LogP contribution in [0.4, 0.5) is 0 Å². The topological polar surface area (TPSA) is 52.6 Å². The molecule has 2 atom stereocenters. The molecular weight excluding hydrogens is 179 g/mol. The summed E-state index contributed by atoms with van der Waals surface area (Å²) in [6, 6.07) is 0. The smallest absolute Gasteiger partial charge is 0.460 e. The van der Waals surface area contributed by atoms with Crippen LogP contribution in [-0.4, -0.2) is 25.3 Å². The number of carbonyl (C=O) groups is 1. The zero-order chi connectivity index (χ0) is 9.56. The highest BCUT2D eigenvalue weighted by molar-refractivity contribution is 7.38. The predicted octanol–water partition coefficient (Wildman–Crippen LogP) is 1.72. The Hall–Kier alpha value is -0.470. The Kier molecular flexibility index (Phi) is 5.85. The number of ether oxygens (including phenoxy) is 1. The molecule has 0 bridgehead atoms. The highest BCUT2D eigenvalue weighted by atomic mass is 31.1. The van der Waals surface area contributed by atoms with Gasteiger partial charge in [-0.3, -0.25) is 4.79 Å². The minimum absolute atomic E-state index is 0.192. The van der Waals surface area contributed by atoms with Crippen molar-refractivity contribution in [3.8, 4) is 0 Å². The van der Waals surface area contributed by atoms with Crippen LogP contribution in [0, 0.1) is 0 Å². The summed E-state index contributed by atoms with van der Waals surface area (Å²) in [5, 5.41) is 0. The fraction of sp³-hybridized carbons (Fsp3) is 0.857. The molecule has 0 heterocycles. The van der Waals surface area contributed by atoms with E-state index in [1.165, 1.54) is 6.66 Å². The summed E-state index contributed by atoms with van der Waals surface area (Å²) in [5.41, 5.74) is 0. The normalized spacial score (nSPS) is 13.8. The van der Waals surface area contributed by atoms with E-state index >= 15 is 0 Å². The highest BCUT2D eigenvalue weighted by Gasteiger charge is 2.13. The number of hydrogen-bond acceptors (Lipinski definition) is 4. The zero-order valence-electron chi connectivity index (χ0n) is 7.57.